The van der Waals surface area contributed by atoms with Crippen molar-refractivity contribution in [2.75, 3.05) is 19.8 Å². The van der Waals surface area contributed by atoms with Crippen LogP contribution in [-0.4, -0.2) is 33.2 Å². The van der Waals surface area contributed by atoms with Crippen molar-refractivity contribution in [1.82, 2.24) is 4.57 Å². The van der Waals surface area contributed by atoms with E-state index in [1.807, 2.05) is 49.3 Å². The van der Waals surface area contributed by atoms with Crippen LogP contribution < -0.4 is 4.57 Å². The first kappa shape index (κ1) is 16.4. The highest BCUT2D eigenvalue weighted by Crippen LogP contribution is 2.18. The summed E-state index contributed by atoms with van der Waals surface area (Å²) >= 11 is 0. The molecule has 0 amide bonds. The predicted octanol–water partition coefficient (Wildman–Crippen LogP) is 1.55. The molecule has 0 N–H and O–H groups in total. The fourth-order valence-corrected chi connectivity index (χ4v) is 4.64. The molecule has 0 aliphatic heterocycles. The largest absolute Gasteiger partial charge is 0.501 e. The highest BCUT2D eigenvalue weighted by molar-refractivity contribution is 6.60. The van der Waals surface area contributed by atoms with E-state index < -0.39 is 8.80 Å². The van der Waals surface area contributed by atoms with Crippen LogP contribution in [0.25, 0.3) is 0 Å². The summed E-state index contributed by atoms with van der Waals surface area (Å²) < 4.78 is 21.4. The van der Waals surface area contributed by atoms with E-state index >= 15 is 0 Å². The maximum atomic E-state index is 5.82. The topological polar surface area (TPSA) is 36.5 Å². The van der Waals surface area contributed by atoms with Gasteiger partial charge in [-0.2, -0.15) is 0 Å². The molecule has 0 aromatic carbocycles. The minimum atomic E-state index is -2.48. The molecule has 0 aliphatic carbocycles. The molecule has 5 nitrogen and oxygen atoms in total. The van der Waals surface area contributed by atoms with Gasteiger partial charge in [0.1, 0.15) is 12.4 Å². The minimum Gasteiger partial charge on any atom is -0.374 e. The molecule has 0 saturated carbocycles. The highest BCUT2D eigenvalue weighted by atomic mass is 28.4. The third-order valence-corrected chi connectivity index (χ3v) is 5.88. The fourth-order valence-electron chi connectivity index (χ4n) is 2.04. The molecule has 19 heavy (non-hydrogen) atoms. The van der Waals surface area contributed by atoms with Gasteiger partial charge in [-0.15, -0.1) is 0 Å². The monoisotopic (exact) mass is 286 g/mol. The maximum Gasteiger partial charge on any atom is 0.501 e. The van der Waals surface area contributed by atoms with Crippen LogP contribution >= 0.6 is 0 Å². The third-order valence-electron chi connectivity index (χ3n) is 2.73. The summed E-state index contributed by atoms with van der Waals surface area (Å²) in [6, 6.07) is 0.845. The van der Waals surface area contributed by atoms with Crippen LogP contribution in [-0.2, 0) is 26.9 Å². The third kappa shape index (κ3) is 5.44. The normalized spacial score (nSPS) is 12.0. The Morgan fingerprint density at radius 2 is 1.68 bits per heavy atom. The zero-order chi connectivity index (χ0) is 14.1. The Morgan fingerprint density at radius 1 is 1.11 bits per heavy atom. The number of aromatic nitrogens is 2. The molecule has 0 fully saturated rings. The molecule has 6 heteroatoms. The first-order chi connectivity index (χ1) is 9.15. The lowest BCUT2D eigenvalue weighted by Gasteiger charge is -2.28. The Labute approximate surface area is 117 Å². The van der Waals surface area contributed by atoms with Gasteiger partial charge in [-0.05, 0) is 27.2 Å². The Hall–Kier alpha value is -0.693. The summed E-state index contributed by atoms with van der Waals surface area (Å²) in [5, 5.41) is 0. The van der Waals surface area contributed by atoms with E-state index in [1.165, 1.54) is 0 Å². The Balaban J connectivity index is 2.50. The van der Waals surface area contributed by atoms with E-state index in [2.05, 4.69) is 6.33 Å². The van der Waals surface area contributed by atoms with Gasteiger partial charge in [0.15, 0.2) is 0 Å². The molecule has 0 unspecified atom stereocenters. The Morgan fingerprint density at radius 3 is 2.11 bits per heavy atom. The van der Waals surface area contributed by atoms with E-state index in [-0.39, 0.29) is 0 Å². The number of imidazole rings is 1. The quantitative estimate of drug-likeness (QED) is 0.484. The molecule has 1 aromatic heterocycles. The summed E-state index contributed by atoms with van der Waals surface area (Å²) in [6.07, 6.45) is 8.16. The number of hydrogen-bond donors (Lipinski definition) is 0. The summed E-state index contributed by atoms with van der Waals surface area (Å²) in [7, 11) is -0.508. The Kier molecular flexibility index (Phi) is 7.30. The number of aryl methyl sites for hydroxylation is 2. The van der Waals surface area contributed by atoms with Crippen LogP contribution in [0, 0.1) is 6.33 Å². The lowest BCUT2D eigenvalue weighted by molar-refractivity contribution is -0.675. The zero-order valence-electron chi connectivity index (χ0n) is 12.5. The van der Waals surface area contributed by atoms with Gasteiger partial charge in [0.25, 0.3) is 0 Å². The van der Waals surface area contributed by atoms with Gasteiger partial charge in [-0.25, -0.2) is 9.13 Å². The molecule has 0 saturated heterocycles. The SMILES string of the molecule is CCO[Si](CCCn1[c][n+](C)cc1)(OCC)OCC. The van der Waals surface area contributed by atoms with Gasteiger partial charge in [-0.1, -0.05) is 0 Å². The average Bonchev–Trinajstić information content (AvgIpc) is 2.76. The van der Waals surface area contributed by atoms with Crippen LogP contribution in [0.2, 0.25) is 6.04 Å². The molecule has 0 spiro atoms. The van der Waals surface area contributed by atoms with Gasteiger partial charge in [0.2, 0.25) is 0 Å². The van der Waals surface area contributed by atoms with Crippen molar-refractivity contribution in [2.24, 2.45) is 7.05 Å². The smallest absolute Gasteiger partial charge is 0.374 e. The first-order valence-electron chi connectivity index (χ1n) is 7.01. The summed E-state index contributed by atoms with van der Waals surface area (Å²) in [4.78, 5) is 0. The van der Waals surface area contributed by atoms with Crippen molar-refractivity contribution < 1.29 is 17.8 Å². The van der Waals surface area contributed by atoms with Crippen molar-refractivity contribution in [3.8, 4) is 0 Å². The van der Waals surface area contributed by atoms with Crippen LogP contribution in [0.5, 0.6) is 0 Å². The van der Waals surface area contributed by atoms with Crippen molar-refractivity contribution in [3.63, 3.8) is 0 Å². The van der Waals surface area contributed by atoms with E-state index in [0.29, 0.717) is 19.8 Å². The lowest BCUT2D eigenvalue weighted by Crippen LogP contribution is -2.46. The molecule has 1 rings (SSSR count). The molecule has 0 aliphatic rings. The molecule has 109 valence electrons. The number of hydrogen-bond acceptors (Lipinski definition) is 3. The summed E-state index contributed by atoms with van der Waals surface area (Å²) in [5.41, 5.74) is 0. The molecule has 0 bridgehead atoms. The highest BCUT2D eigenvalue weighted by Gasteiger charge is 2.39. The van der Waals surface area contributed by atoms with Crippen molar-refractivity contribution >= 4 is 8.80 Å². The van der Waals surface area contributed by atoms with Gasteiger partial charge in [-0.3, -0.25) is 0 Å². The molecule has 1 aromatic rings. The maximum absolute atomic E-state index is 5.82. The van der Waals surface area contributed by atoms with Crippen LogP contribution in [0.1, 0.15) is 27.2 Å². The van der Waals surface area contributed by atoms with Crippen molar-refractivity contribution in [2.45, 2.75) is 39.8 Å². The van der Waals surface area contributed by atoms with Crippen LogP contribution in [0.4, 0.5) is 0 Å². The van der Waals surface area contributed by atoms with Crippen LogP contribution in [0.3, 0.4) is 0 Å². The summed E-state index contributed by atoms with van der Waals surface area (Å²) in [5.74, 6) is 0. The standard InChI is InChI=1S/C13H26N2O3Si/c1-5-16-19(17-6-2,18-7-3)12-8-9-15-11-10-14(4)13-15/h10-11H,5-9,12H2,1-4H3/q+1. The van der Waals surface area contributed by atoms with Crippen molar-refractivity contribution in [1.29, 1.82) is 0 Å². The molecule has 1 radical (unpaired) electrons. The lowest BCUT2D eigenvalue weighted by atomic mass is 10.5. The molecule has 1 heterocycles. The molecular formula is C13H26N2O3Si+. The van der Waals surface area contributed by atoms with Gasteiger partial charge >= 0.3 is 15.1 Å². The second kappa shape index (κ2) is 8.47. The zero-order valence-corrected chi connectivity index (χ0v) is 13.5. The van der Waals surface area contributed by atoms with Gasteiger partial charge < -0.3 is 13.3 Å². The second-order valence-corrected chi connectivity index (χ2v) is 7.02. The van der Waals surface area contributed by atoms with Gasteiger partial charge in [0.05, 0.1) is 13.6 Å². The van der Waals surface area contributed by atoms with E-state index in [0.717, 1.165) is 19.0 Å². The number of nitrogens with zero attached hydrogens (tertiary/aromatic N) is 2. The predicted molar refractivity (Wildman–Crippen MR) is 74.5 cm³/mol. The Bertz CT molecular complexity index is 340. The van der Waals surface area contributed by atoms with Crippen molar-refractivity contribution in [3.05, 3.63) is 18.7 Å². The average molecular weight is 286 g/mol. The minimum absolute atomic E-state index is 0.636. The van der Waals surface area contributed by atoms with E-state index in [4.69, 9.17) is 13.3 Å². The fraction of sp³-hybridized carbons (Fsp3) is 0.769. The molecule has 0 atom stereocenters. The van der Waals surface area contributed by atoms with E-state index in [1.54, 1.807) is 0 Å². The summed E-state index contributed by atoms with van der Waals surface area (Å²) in [6.45, 7) is 8.77. The first-order valence-corrected chi connectivity index (χ1v) is 8.95. The number of rotatable bonds is 10. The van der Waals surface area contributed by atoms with E-state index in [9.17, 15) is 0 Å². The van der Waals surface area contributed by atoms with Crippen LogP contribution in [0.15, 0.2) is 12.4 Å². The van der Waals surface area contributed by atoms with Gasteiger partial charge in [0, 0.05) is 25.9 Å². The second-order valence-electron chi connectivity index (χ2n) is 4.29. The molecular weight excluding hydrogens is 260 g/mol.